The maximum atomic E-state index is 10.9. The van der Waals surface area contributed by atoms with Crippen LogP contribution in [0.25, 0.3) is 0 Å². The number of nitrogens with zero attached hydrogens (tertiary/aromatic N) is 2. The summed E-state index contributed by atoms with van der Waals surface area (Å²) in [5, 5.41) is 23.3. The Morgan fingerprint density at radius 3 is 3.00 bits per heavy atom. The summed E-state index contributed by atoms with van der Waals surface area (Å²) in [5.41, 5.74) is -0.0141. The molecule has 0 bridgehead atoms. The highest BCUT2D eigenvalue weighted by atomic mass is 16.6. The first-order chi connectivity index (χ1) is 8.72. The smallest absolute Gasteiger partial charge is 0.311 e. The van der Waals surface area contributed by atoms with Crippen LogP contribution in [0.5, 0.6) is 0 Å². The number of rotatable bonds is 4. The van der Waals surface area contributed by atoms with E-state index < -0.39 is 4.92 Å². The molecule has 2 unspecified atom stereocenters. The zero-order valence-corrected chi connectivity index (χ0v) is 10.1. The third-order valence-corrected chi connectivity index (χ3v) is 3.45. The van der Waals surface area contributed by atoms with Gasteiger partial charge in [-0.25, -0.2) is 4.98 Å². The lowest BCUT2D eigenvalue weighted by Gasteiger charge is -2.31. The van der Waals surface area contributed by atoms with Gasteiger partial charge in [0, 0.05) is 30.8 Å². The first-order valence-electron chi connectivity index (χ1n) is 6.19. The quantitative estimate of drug-likeness (QED) is 0.630. The molecule has 2 N–H and O–H groups in total. The van der Waals surface area contributed by atoms with Crippen LogP contribution >= 0.6 is 0 Å². The first kappa shape index (κ1) is 12.8. The Morgan fingerprint density at radius 1 is 1.50 bits per heavy atom. The molecule has 0 radical (unpaired) electrons. The molecule has 0 aromatic carbocycles. The van der Waals surface area contributed by atoms with Crippen molar-refractivity contribution in [1.29, 1.82) is 0 Å². The van der Waals surface area contributed by atoms with Crippen LogP contribution in [0.2, 0.25) is 0 Å². The van der Waals surface area contributed by atoms with E-state index in [2.05, 4.69) is 10.3 Å². The van der Waals surface area contributed by atoms with Gasteiger partial charge in [-0.2, -0.15) is 0 Å². The molecule has 2 rings (SSSR count). The lowest BCUT2D eigenvalue weighted by Crippen LogP contribution is -2.34. The van der Waals surface area contributed by atoms with Gasteiger partial charge in [0.1, 0.15) is 0 Å². The molecule has 0 amide bonds. The topological polar surface area (TPSA) is 88.3 Å². The number of hydrogen-bond acceptors (Lipinski definition) is 5. The van der Waals surface area contributed by atoms with E-state index in [-0.39, 0.29) is 24.3 Å². The Bertz CT molecular complexity index is 425. The molecule has 1 aliphatic carbocycles. The van der Waals surface area contributed by atoms with Crippen LogP contribution in [-0.2, 0) is 0 Å². The molecule has 1 heterocycles. The van der Waals surface area contributed by atoms with Gasteiger partial charge in [-0.05, 0) is 18.9 Å². The Hall–Kier alpha value is -1.69. The summed E-state index contributed by atoms with van der Waals surface area (Å²) in [5.74, 6) is 0.452. The minimum atomic E-state index is -0.438. The monoisotopic (exact) mass is 251 g/mol. The highest BCUT2D eigenvalue weighted by Gasteiger charge is 2.26. The number of aliphatic hydroxyl groups is 1. The third kappa shape index (κ3) is 2.76. The third-order valence-electron chi connectivity index (χ3n) is 3.45. The number of pyridine rings is 1. The second kappa shape index (κ2) is 5.77. The maximum absolute atomic E-state index is 10.9. The molecule has 1 aromatic rings. The second-order valence-corrected chi connectivity index (χ2v) is 4.61. The van der Waals surface area contributed by atoms with Crippen molar-refractivity contribution in [1.82, 2.24) is 4.98 Å². The van der Waals surface area contributed by atoms with Crippen molar-refractivity contribution in [3.63, 3.8) is 0 Å². The summed E-state index contributed by atoms with van der Waals surface area (Å²) in [7, 11) is 0. The van der Waals surface area contributed by atoms with Crippen molar-refractivity contribution in [3.05, 3.63) is 28.4 Å². The van der Waals surface area contributed by atoms with E-state index in [9.17, 15) is 15.2 Å². The van der Waals surface area contributed by atoms with E-state index in [4.69, 9.17) is 0 Å². The van der Waals surface area contributed by atoms with Crippen LogP contribution in [0.1, 0.15) is 25.7 Å². The molecule has 0 saturated heterocycles. The standard InChI is InChI=1S/C12H17N3O3/c16-8-9-4-1-2-5-10(9)14-12-11(15(17)18)6-3-7-13-12/h3,6-7,9-10,16H,1-2,4-5,8H2,(H,13,14). The fraction of sp³-hybridized carbons (Fsp3) is 0.583. The van der Waals surface area contributed by atoms with E-state index in [1.807, 2.05) is 0 Å². The van der Waals surface area contributed by atoms with Crippen molar-refractivity contribution in [3.8, 4) is 0 Å². The number of nitro groups is 1. The van der Waals surface area contributed by atoms with Gasteiger partial charge >= 0.3 is 5.69 Å². The number of aromatic nitrogens is 1. The average molecular weight is 251 g/mol. The van der Waals surface area contributed by atoms with Crippen LogP contribution in [0.3, 0.4) is 0 Å². The van der Waals surface area contributed by atoms with Crippen molar-refractivity contribution >= 4 is 11.5 Å². The second-order valence-electron chi connectivity index (χ2n) is 4.61. The summed E-state index contributed by atoms with van der Waals surface area (Å²) < 4.78 is 0. The Labute approximate surface area is 105 Å². The van der Waals surface area contributed by atoms with E-state index >= 15 is 0 Å². The fourth-order valence-corrected chi connectivity index (χ4v) is 2.45. The Morgan fingerprint density at radius 2 is 2.28 bits per heavy atom. The van der Waals surface area contributed by atoms with Crippen molar-refractivity contribution in [2.45, 2.75) is 31.7 Å². The van der Waals surface area contributed by atoms with Gasteiger partial charge in [-0.15, -0.1) is 0 Å². The first-order valence-corrected chi connectivity index (χ1v) is 6.19. The number of anilines is 1. The van der Waals surface area contributed by atoms with Gasteiger partial charge in [0.15, 0.2) is 0 Å². The fourth-order valence-electron chi connectivity index (χ4n) is 2.45. The molecule has 6 heteroatoms. The van der Waals surface area contributed by atoms with E-state index in [0.29, 0.717) is 5.82 Å². The summed E-state index contributed by atoms with van der Waals surface area (Å²) in [6.45, 7) is 0.109. The maximum Gasteiger partial charge on any atom is 0.311 e. The predicted molar refractivity (Wildman–Crippen MR) is 67.3 cm³/mol. The molecule has 6 nitrogen and oxygen atoms in total. The van der Waals surface area contributed by atoms with Crippen LogP contribution in [0.15, 0.2) is 18.3 Å². The molecular formula is C12H17N3O3. The summed E-state index contributed by atoms with van der Waals surface area (Å²) in [6.07, 6.45) is 5.59. The zero-order chi connectivity index (χ0) is 13.0. The molecule has 1 fully saturated rings. The normalized spacial score (nSPS) is 23.6. The molecule has 2 atom stereocenters. The van der Waals surface area contributed by atoms with Crippen LogP contribution in [0, 0.1) is 16.0 Å². The Kier molecular flexibility index (Phi) is 4.09. The SMILES string of the molecule is O=[N+]([O-])c1cccnc1NC1CCCCC1CO. The minimum absolute atomic E-state index is 0.0141. The van der Waals surface area contributed by atoms with Crippen molar-refractivity contribution in [2.75, 3.05) is 11.9 Å². The number of aliphatic hydroxyl groups excluding tert-OH is 1. The summed E-state index contributed by atoms with van der Waals surface area (Å²) in [4.78, 5) is 14.5. The molecule has 98 valence electrons. The van der Waals surface area contributed by atoms with Gasteiger partial charge in [0.2, 0.25) is 5.82 Å². The molecule has 1 saturated carbocycles. The number of nitrogens with one attached hydrogen (secondary N) is 1. The van der Waals surface area contributed by atoms with Crippen molar-refractivity contribution < 1.29 is 10.0 Å². The summed E-state index contributed by atoms with van der Waals surface area (Å²) >= 11 is 0. The van der Waals surface area contributed by atoms with Crippen LogP contribution in [0.4, 0.5) is 11.5 Å². The van der Waals surface area contributed by atoms with Crippen LogP contribution < -0.4 is 5.32 Å². The largest absolute Gasteiger partial charge is 0.396 e. The van der Waals surface area contributed by atoms with E-state index in [0.717, 1.165) is 25.7 Å². The number of hydrogen-bond donors (Lipinski definition) is 2. The molecule has 1 aliphatic rings. The van der Waals surface area contributed by atoms with Gasteiger partial charge < -0.3 is 10.4 Å². The predicted octanol–water partition coefficient (Wildman–Crippen LogP) is 1.95. The van der Waals surface area contributed by atoms with Gasteiger partial charge in [-0.1, -0.05) is 12.8 Å². The Balaban J connectivity index is 2.15. The van der Waals surface area contributed by atoms with Crippen molar-refractivity contribution in [2.24, 2.45) is 5.92 Å². The van der Waals surface area contributed by atoms with Gasteiger partial charge in [0.05, 0.1) is 4.92 Å². The highest BCUT2D eigenvalue weighted by molar-refractivity contribution is 5.55. The van der Waals surface area contributed by atoms with Gasteiger partial charge in [-0.3, -0.25) is 10.1 Å². The van der Waals surface area contributed by atoms with Gasteiger partial charge in [0.25, 0.3) is 0 Å². The van der Waals surface area contributed by atoms with Crippen LogP contribution in [-0.4, -0.2) is 27.7 Å². The molecule has 1 aromatic heterocycles. The lowest BCUT2D eigenvalue weighted by atomic mass is 9.85. The zero-order valence-electron chi connectivity index (χ0n) is 10.1. The average Bonchev–Trinajstić information content (AvgIpc) is 2.40. The lowest BCUT2D eigenvalue weighted by molar-refractivity contribution is -0.384. The molecular weight excluding hydrogens is 234 g/mol. The summed E-state index contributed by atoms with van der Waals surface area (Å²) in [6, 6.07) is 3.05. The molecule has 18 heavy (non-hydrogen) atoms. The minimum Gasteiger partial charge on any atom is -0.396 e. The van der Waals surface area contributed by atoms with E-state index in [1.54, 1.807) is 6.07 Å². The molecule has 0 spiro atoms. The molecule has 0 aliphatic heterocycles. The van der Waals surface area contributed by atoms with E-state index in [1.165, 1.54) is 12.3 Å². The highest BCUT2D eigenvalue weighted by Crippen LogP contribution is 2.29.